The monoisotopic (exact) mass is 295 g/mol. The van der Waals surface area contributed by atoms with E-state index >= 15 is 0 Å². The molecule has 1 saturated carbocycles. The molecule has 110 valence electrons. The van der Waals surface area contributed by atoms with Gasteiger partial charge < -0.3 is 10.4 Å². The molecule has 2 unspecified atom stereocenters. The summed E-state index contributed by atoms with van der Waals surface area (Å²) in [6.45, 7) is 5.92. The van der Waals surface area contributed by atoms with Crippen LogP contribution in [-0.2, 0) is 11.2 Å². The summed E-state index contributed by atoms with van der Waals surface area (Å²) < 4.78 is 0. The normalized spacial score (nSPS) is 24.1. The van der Waals surface area contributed by atoms with Crippen LogP contribution in [0.1, 0.15) is 37.8 Å². The van der Waals surface area contributed by atoms with Gasteiger partial charge in [-0.2, -0.15) is 0 Å². The fraction of sp³-hybridized carbons (Fsp3) is 0.562. The largest absolute Gasteiger partial charge is 0.392 e. The van der Waals surface area contributed by atoms with Crippen molar-refractivity contribution in [2.45, 2.75) is 52.2 Å². The lowest BCUT2D eigenvalue weighted by molar-refractivity contribution is -0.129. The lowest BCUT2D eigenvalue weighted by atomic mass is 9.64. The molecule has 0 radical (unpaired) electrons. The van der Waals surface area contributed by atoms with E-state index in [4.69, 9.17) is 11.6 Å². The first-order chi connectivity index (χ1) is 9.30. The maximum Gasteiger partial charge on any atom is 0.220 e. The van der Waals surface area contributed by atoms with E-state index in [-0.39, 0.29) is 23.5 Å². The Morgan fingerprint density at radius 2 is 2.20 bits per heavy atom. The summed E-state index contributed by atoms with van der Waals surface area (Å²) in [5.41, 5.74) is 1.90. The highest BCUT2D eigenvalue weighted by atomic mass is 35.5. The Bertz CT molecular complexity index is 513. The number of carbonyl (C=O) groups is 1. The molecule has 4 heteroatoms. The van der Waals surface area contributed by atoms with Crippen LogP contribution >= 0.6 is 11.6 Å². The summed E-state index contributed by atoms with van der Waals surface area (Å²) in [6.07, 6.45) is 1.46. The smallest absolute Gasteiger partial charge is 0.220 e. The zero-order chi connectivity index (χ0) is 14.9. The van der Waals surface area contributed by atoms with Gasteiger partial charge >= 0.3 is 0 Å². The van der Waals surface area contributed by atoms with Crippen LogP contribution < -0.4 is 5.32 Å². The maximum absolute atomic E-state index is 11.9. The summed E-state index contributed by atoms with van der Waals surface area (Å²) in [5, 5.41) is 13.4. The molecule has 0 bridgehead atoms. The molecule has 0 saturated heterocycles. The van der Waals surface area contributed by atoms with Gasteiger partial charge in [-0.15, -0.1) is 0 Å². The molecule has 2 N–H and O–H groups in total. The van der Waals surface area contributed by atoms with Crippen molar-refractivity contribution in [2.24, 2.45) is 5.41 Å². The summed E-state index contributed by atoms with van der Waals surface area (Å²) >= 11 is 6.07. The molecule has 1 fully saturated rings. The molecule has 2 atom stereocenters. The molecule has 1 aliphatic carbocycles. The van der Waals surface area contributed by atoms with Gasteiger partial charge in [-0.25, -0.2) is 0 Å². The van der Waals surface area contributed by atoms with Crippen molar-refractivity contribution in [3.63, 3.8) is 0 Å². The van der Waals surface area contributed by atoms with Crippen LogP contribution in [0, 0.1) is 12.3 Å². The fourth-order valence-electron chi connectivity index (χ4n) is 2.46. The highest BCUT2D eigenvalue weighted by Crippen LogP contribution is 2.40. The van der Waals surface area contributed by atoms with Crippen molar-refractivity contribution in [1.29, 1.82) is 0 Å². The number of hydrogen-bond donors (Lipinski definition) is 2. The number of carbonyl (C=O) groups excluding carboxylic acids is 1. The SMILES string of the molecule is Cc1ccc(CCC(=O)NC2CC(O)C2(C)C)cc1Cl. The highest BCUT2D eigenvalue weighted by Gasteiger charge is 2.47. The number of hydrogen-bond acceptors (Lipinski definition) is 2. The first kappa shape index (κ1) is 15.3. The van der Waals surface area contributed by atoms with E-state index in [0.29, 0.717) is 19.3 Å². The van der Waals surface area contributed by atoms with Gasteiger partial charge in [-0.05, 0) is 37.0 Å². The quantitative estimate of drug-likeness (QED) is 0.897. The van der Waals surface area contributed by atoms with E-state index in [1.165, 1.54) is 0 Å². The fourth-order valence-corrected chi connectivity index (χ4v) is 2.67. The van der Waals surface area contributed by atoms with Gasteiger partial charge in [-0.3, -0.25) is 4.79 Å². The van der Waals surface area contributed by atoms with Crippen molar-refractivity contribution in [2.75, 3.05) is 0 Å². The van der Waals surface area contributed by atoms with Gasteiger partial charge in [0.25, 0.3) is 0 Å². The number of amides is 1. The van der Waals surface area contributed by atoms with Crippen LogP contribution in [0.5, 0.6) is 0 Å². The number of halogens is 1. The Labute approximate surface area is 125 Å². The number of rotatable bonds is 4. The third-order valence-electron chi connectivity index (χ3n) is 4.43. The van der Waals surface area contributed by atoms with Gasteiger partial charge in [0.1, 0.15) is 0 Å². The second-order valence-electron chi connectivity index (χ2n) is 6.28. The highest BCUT2D eigenvalue weighted by molar-refractivity contribution is 6.31. The minimum atomic E-state index is -0.316. The van der Waals surface area contributed by atoms with Gasteiger partial charge in [0.2, 0.25) is 5.91 Å². The average molecular weight is 296 g/mol. The summed E-state index contributed by atoms with van der Waals surface area (Å²) in [5.74, 6) is 0.0340. The summed E-state index contributed by atoms with van der Waals surface area (Å²) in [4.78, 5) is 11.9. The second-order valence-corrected chi connectivity index (χ2v) is 6.68. The van der Waals surface area contributed by atoms with Crippen LogP contribution in [-0.4, -0.2) is 23.2 Å². The van der Waals surface area contributed by atoms with Crippen LogP contribution in [0.15, 0.2) is 18.2 Å². The van der Waals surface area contributed by atoms with Crippen LogP contribution in [0.3, 0.4) is 0 Å². The number of aryl methyl sites for hydroxylation is 2. The summed E-state index contributed by atoms with van der Waals surface area (Å²) in [6, 6.07) is 5.97. The summed E-state index contributed by atoms with van der Waals surface area (Å²) in [7, 11) is 0. The van der Waals surface area contributed by atoms with Crippen LogP contribution in [0.4, 0.5) is 0 Å². The molecular weight excluding hydrogens is 274 g/mol. The Morgan fingerprint density at radius 1 is 1.50 bits per heavy atom. The Kier molecular flexibility index (Phi) is 4.40. The number of aliphatic hydroxyl groups excluding tert-OH is 1. The van der Waals surface area contributed by atoms with E-state index in [1.54, 1.807) is 0 Å². The van der Waals surface area contributed by atoms with Crippen LogP contribution in [0.2, 0.25) is 5.02 Å². The van der Waals surface area contributed by atoms with Gasteiger partial charge in [0.05, 0.1) is 6.10 Å². The molecule has 3 nitrogen and oxygen atoms in total. The van der Waals surface area contributed by atoms with Gasteiger partial charge in [0, 0.05) is 22.9 Å². The number of aliphatic hydroxyl groups is 1. The van der Waals surface area contributed by atoms with Gasteiger partial charge in [-0.1, -0.05) is 37.6 Å². The molecule has 1 aromatic carbocycles. The molecule has 0 aromatic heterocycles. The van der Waals surface area contributed by atoms with E-state index in [9.17, 15) is 9.90 Å². The second kappa shape index (κ2) is 5.74. The molecule has 20 heavy (non-hydrogen) atoms. The van der Waals surface area contributed by atoms with Crippen LogP contribution in [0.25, 0.3) is 0 Å². The average Bonchev–Trinajstić information content (AvgIpc) is 2.40. The first-order valence-electron chi connectivity index (χ1n) is 7.03. The molecular formula is C16H22ClNO2. The Balaban J connectivity index is 1.82. The molecule has 2 rings (SSSR count). The predicted octanol–water partition coefficient (Wildman–Crippen LogP) is 2.86. The van der Waals surface area contributed by atoms with Crippen molar-refractivity contribution in [3.8, 4) is 0 Å². The maximum atomic E-state index is 11.9. The minimum absolute atomic E-state index is 0.0340. The number of benzene rings is 1. The van der Waals surface area contributed by atoms with E-state index in [0.717, 1.165) is 16.1 Å². The van der Waals surface area contributed by atoms with E-state index in [2.05, 4.69) is 5.32 Å². The minimum Gasteiger partial charge on any atom is -0.392 e. The zero-order valence-electron chi connectivity index (χ0n) is 12.2. The predicted molar refractivity (Wildman–Crippen MR) is 80.8 cm³/mol. The first-order valence-corrected chi connectivity index (χ1v) is 7.41. The topological polar surface area (TPSA) is 49.3 Å². The molecule has 1 amide bonds. The lowest BCUT2D eigenvalue weighted by Gasteiger charge is -2.49. The number of nitrogens with one attached hydrogen (secondary N) is 1. The third-order valence-corrected chi connectivity index (χ3v) is 4.84. The van der Waals surface area contributed by atoms with Crippen molar-refractivity contribution >= 4 is 17.5 Å². The van der Waals surface area contributed by atoms with E-state index in [1.807, 2.05) is 39.0 Å². The van der Waals surface area contributed by atoms with Gasteiger partial charge in [0.15, 0.2) is 0 Å². The molecule has 0 spiro atoms. The standard InChI is InChI=1S/C16H22ClNO2/c1-10-4-5-11(8-12(10)17)6-7-15(20)18-13-9-14(19)16(13,2)3/h4-5,8,13-14,19H,6-7,9H2,1-3H3,(H,18,20). The molecule has 1 aliphatic rings. The molecule has 0 heterocycles. The Hall–Kier alpha value is -1.06. The third kappa shape index (κ3) is 3.15. The Morgan fingerprint density at radius 3 is 2.75 bits per heavy atom. The molecule has 1 aromatic rings. The lowest BCUT2D eigenvalue weighted by Crippen LogP contribution is -2.61. The molecule has 0 aliphatic heterocycles. The van der Waals surface area contributed by atoms with Crippen molar-refractivity contribution in [3.05, 3.63) is 34.3 Å². The van der Waals surface area contributed by atoms with Crippen molar-refractivity contribution in [1.82, 2.24) is 5.32 Å². The van der Waals surface area contributed by atoms with Crippen molar-refractivity contribution < 1.29 is 9.90 Å². The van der Waals surface area contributed by atoms with E-state index < -0.39 is 0 Å². The zero-order valence-corrected chi connectivity index (χ0v) is 13.0.